The third-order valence-electron chi connectivity index (χ3n) is 6.38. The summed E-state index contributed by atoms with van der Waals surface area (Å²) in [5.74, 6) is 0.524. The standard InChI is InChI=1S/C28H30N4O2S.2ClH/c1-34-24-14-13-23(21-7-3-2-4-8-21)26-25(24)30-28(35-26)31-27(33)22-11-9-20(10-12-22)19-29-15-18-32-16-5-6-17-32;;/h2-4,7-14,29H,5-6,15-19H2,1H3,(H,30,31,33);2*1H. The van der Waals surface area contributed by atoms with E-state index in [1.54, 1.807) is 7.11 Å². The Morgan fingerprint density at radius 1 is 1.00 bits per heavy atom. The van der Waals surface area contributed by atoms with Crippen LogP contribution in [0.15, 0.2) is 66.7 Å². The summed E-state index contributed by atoms with van der Waals surface area (Å²) in [6.45, 7) is 5.32. The molecule has 4 aromatic rings. The lowest BCUT2D eigenvalue weighted by Gasteiger charge is -2.14. The molecule has 0 radical (unpaired) electrons. The molecule has 6 nitrogen and oxygen atoms in total. The van der Waals surface area contributed by atoms with Crippen molar-refractivity contribution in [3.8, 4) is 16.9 Å². The van der Waals surface area contributed by atoms with Gasteiger partial charge in [-0.3, -0.25) is 10.1 Å². The van der Waals surface area contributed by atoms with Gasteiger partial charge in [0.1, 0.15) is 11.3 Å². The van der Waals surface area contributed by atoms with Gasteiger partial charge in [-0.1, -0.05) is 53.8 Å². The molecule has 37 heavy (non-hydrogen) atoms. The van der Waals surface area contributed by atoms with Crippen molar-refractivity contribution in [3.05, 3.63) is 77.9 Å². The van der Waals surface area contributed by atoms with Crippen LogP contribution >= 0.6 is 36.2 Å². The number of thiazole rings is 1. The third kappa shape index (κ3) is 7.00. The number of hydrogen-bond donors (Lipinski definition) is 2. The molecule has 1 fully saturated rings. The molecule has 0 bridgehead atoms. The van der Waals surface area contributed by atoms with Crippen molar-refractivity contribution in [1.29, 1.82) is 0 Å². The highest BCUT2D eigenvalue weighted by molar-refractivity contribution is 7.23. The average Bonchev–Trinajstić information content (AvgIpc) is 3.57. The number of nitrogens with one attached hydrogen (secondary N) is 2. The van der Waals surface area contributed by atoms with Gasteiger partial charge in [0.05, 0.1) is 11.8 Å². The zero-order valence-electron chi connectivity index (χ0n) is 20.7. The van der Waals surface area contributed by atoms with Crippen molar-refractivity contribution in [2.45, 2.75) is 19.4 Å². The molecule has 2 N–H and O–H groups in total. The molecular weight excluding hydrogens is 527 g/mol. The summed E-state index contributed by atoms with van der Waals surface area (Å²) >= 11 is 1.46. The Bertz CT molecular complexity index is 1290. The number of benzene rings is 3. The maximum Gasteiger partial charge on any atom is 0.257 e. The molecule has 5 rings (SSSR count). The topological polar surface area (TPSA) is 66.5 Å². The summed E-state index contributed by atoms with van der Waals surface area (Å²) in [7, 11) is 1.64. The van der Waals surface area contributed by atoms with E-state index in [0.29, 0.717) is 16.4 Å². The van der Waals surface area contributed by atoms with Gasteiger partial charge in [-0.05, 0) is 61.3 Å². The van der Waals surface area contributed by atoms with Crippen molar-refractivity contribution in [2.24, 2.45) is 0 Å². The normalized spacial score (nSPS) is 13.1. The van der Waals surface area contributed by atoms with Crippen LogP contribution in [-0.4, -0.2) is 49.1 Å². The second-order valence-electron chi connectivity index (χ2n) is 8.75. The Hall–Kier alpha value is -2.68. The minimum absolute atomic E-state index is 0. The summed E-state index contributed by atoms with van der Waals surface area (Å²) in [6.07, 6.45) is 2.64. The number of carbonyl (C=O) groups excluding carboxylic acids is 1. The number of halogens is 2. The van der Waals surface area contributed by atoms with E-state index in [-0.39, 0.29) is 30.7 Å². The van der Waals surface area contributed by atoms with Crippen molar-refractivity contribution >= 4 is 57.4 Å². The van der Waals surface area contributed by atoms with Crippen LogP contribution in [0.4, 0.5) is 5.13 Å². The number of aromatic nitrogens is 1. The van der Waals surface area contributed by atoms with Gasteiger partial charge < -0.3 is 15.0 Å². The first kappa shape index (κ1) is 28.9. The Morgan fingerprint density at radius 3 is 2.43 bits per heavy atom. The van der Waals surface area contributed by atoms with Gasteiger partial charge in [-0.15, -0.1) is 24.8 Å². The first-order chi connectivity index (χ1) is 17.2. The van der Waals surface area contributed by atoms with Gasteiger partial charge >= 0.3 is 0 Å². The van der Waals surface area contributed by atoms with Gasteiger partial charge in [0.25, 0.3) is 5.91 Å². The van der Waals surface area contributed by atoms with E-state index >= 15 is 0 Å². The quantitative estimate of drug-likeness (QED) is 0.237. The summed E-state index contributed by atoms with van der Waals surface area (Å²) in [5, 5.41) is 7.03. The van der Waals surface area contributed by atoms with Crippen LogP contribution in [0.3, 0.4) is 0 Å². The number of hydrogen-bond acceptors (Lipinski definition) is 6. The fourth-order valence-electron chi connectivity index (χ4n) is 4.47. The minimum atomic E-state index is -0.169. The van der Waals surface area contributed by atoms with Crippen LogP contribution < -0.4 is 15.4 Å². The maximum atomic E-state index is 12.9. The number of methoxy groups -OCH3 is 1. The molecule has 0 unspecified atom stereocenters. The van der Waals surface area contributed by atoms with E-state index < -0.39 is 0 Å². The minimum Gasteiger partial charge on any atom is -0.494 e. The van der Waals surface area contributed by atoms with Crippen LogP contribution in [0, 0.1) is 0 Å². The number of carbonyl (C=O) groups is 1. The van der Waals surface area contributed by atoms with Gasteiger partial charge in [0.2, 0.25) is 0 Å². The van der Waals surface area contributed by atoms with Crippen LogP contribution in [0.5, 0.6) is 5.75 Å². The van der Waals surface area contributed by atoms with Gasteiger partial charge in [-0.2, -0.15) is 0 Å². The van der Waals surface area contributed by atoms with E-state index in [9.17, 15) is 4.79 Å². The molecule has 1 aliphatic heterocycles. The first-order valence-electron chi connectivity index (χ1n) is 12.1. The number of likely N-dealkylation sites (tertiary alicyclic amines) is 1. The van der Waals surface area contributed by atoms with E-state index in [1.807, 2.05) is 54.6 Å². The monoisotopic (exact) mass is 558 g/mol. The SMILES string of the molecule is COc1ccc(-c2ccccc2)c2sc(NC(=O)c3ccc(CNCCN4CCCC4)cc3)nc12.Cl.Cl. The molecule has 0 saturated carbocycles. The number of anilines is 1. The van der Waals surface area contributed by atoms with Gasteiger partial charge in [0, 0.05) is 30.8 Å². The molecular formula is C28H32Cl2N4O2S. The zero-order valence-corrected chi connectivity index (χ0v) is 23.2. The van der Waals surface area contributed by atoms with Crippen LogP contribution in [0.1, 0.15) is 28.8 Å². The molecule has 0 aliphatic carbocycles. The van der Waals surface area contributed by atoms with E-state index in [2.05, 4.69) is 32.7 Å². The smallest absolute Gasteiger partial charge is 0.257 e. The highest BCUT2D eigenvalue weighted by Gasteiger charge is 2.16. The molecule has 1 aliphatic rings. The summed E-state index contributed by atoms with van der Waals surface area (Å²) in [6, 6.07) is 21.9. The Kier molecular flexibility index (Phi) is 10.7. The molecule has 3 aromatic carbocycles. The number of amides is 1. The van der Waals surface area contributed by atoms with Crippen molar-refractivity contribution in [3.63, 3.8) is 0 Å². The molecule has 1 aromatic heterocycles. The first-order valence-corrected chi connectivity index (χ1v) is 12.9. The van der Waals surface area contributed by atoms with Crippen LogP contribution in [0.25, 0.3) is 21.3 Å². The summed E-state index contributed by atoms with van der Waals surface area (Å²) in [5.41, 5.74) is 4.71. The number of rotatable bonds is 9. The maximum absolute atomic E-state index is 12.9. The lowest BCUT2D eigenvalue weighted by Crippen LogP contribution is -2.29. The zero-order chi connectivity index (χ0) is 24.0. The predicted octanol–water partition coefficient (Wildman–Crippen LogP) is 6.25. The van der Waals surface area contributed by atoms with E-state index in [1.165, 1.54) is 42.8 Å². The number of ether oxygens (including phenoxy) is 1. The summed E-state index contributed by atoms with van der Waals surface area (Å²) < 4.78 is 6.51. The lowest BCUT2D eigenvalue weighted by molar-refractivity contribution is 0.102. The molecule has 196 valence electrons. The Labute approximate surface area is 234 Å². The molecule has 2 heterocycles. The molecule has 1 amide bonds. The fourth-order valence-corrected chi connectivity index (χ4v) is 5.48. The van der Waals surface area contributed by atoms with Crippen molar-refractivity contribution in [2.75, 3.05) is 38.6 Å². The highest BCUT2D eigenvalue weighted by Crippen LogP contribution is 2.39. The lowest BCUT2D eigenvalue weighted by atomic mass is 10.1. The molecule has 1 saturated heterocycles. The third-order valence-corrected chi connectivity index (χ3v) is 7.38. The van der Waals surface area contributed by atoms with Crippen LogP contribution in [0.2, 0.25) is 0 Å². The predicted molar refractivity (Wildman–Crippen MR) is 158 cm³/mol. The van der Waals surface area contributed by atoms with Crippen LogP contribution in [-0.2, 0) is 6.54 Å². The average molecular weight is 560 g/mol. The van der Waals surface area contributed by atoms with Crippen molar-refractivity contribution < 1.29 is 9.53 Å². The van der Waals surface area contributed by atoms with Gasteiger partial charge in [0.15, 0.2) is 5.13 Å². The Morgan fingerprint density at radius 2 is 1.73 bits per heavy atom. The largest absolute Gasteiger partial charge is 0.494 e. The highest BCUT2D eigenvalue weighted by atomic mass is 35.5. The van der Waals surface area contributed by atoms with Gasteiger partial charge in [-0.25, -0.2) is 4.98 Å². The van der Waals surface area contributed by atoms with Crippen molar-refractivity contribution in [1.82, 2.24) is 15.2 Å². The Balaban J connectivity index is 0.00000190. The summed E-state index contributed by atoms with van der Waals surface area (Å²) in [4.78, 5) is 20.1. The van der Waals surface area contributed by atoms with E-state index in [4.69, 9.17) is 4.74 Å². The molecule has 0 spiro atoms. The number of nitrogens with zero attached hydrogens (tertiary/aromatic N) is 2. The van der Waals surface area contributed by atoms with E-state index in [0.717, 1.165) is 41.0 Å². The number of fused-ring (bicyclic) bond motifs is 1. The second kappa shape index (κ2) is 13.7. The second-order valence-corrected chi connectivity index (χ2v) is 9.75. The molecule has 9 heteroatoms. The molecule has 0 atom stereocenters. The fraction of sp³-hybridized carbons (Fsp3) is 0.286.